The Labute approximate surface area is 165 Å². The van der Waals surface area contributed by atoms with E-state index in [-0.39, 0.29) is 11.9 Å². The minimum Gasteiger partial charge on any atom is -0.392 e. The van der Waals surface area contributed by atoms with Gasteiger partial charge in [0, 0.05) is 26.1 Å². The molecular weight excluding hydrogens is 355 g/mol. The van der Waals surface area contributed by atoms with Crippen molar-refractivity contribution in [3.8, 4) is 0 Å². The first-order valence-corrected chi connectivity index (χ1v) is 9.68. The van der Waals surface area contributed by atoms with Crippen LogP contribution in [0.4, 0.5) is 4.39 Å². The standard InChI is InChI=1S/C23H27FN2O2/c1-2-3-12-21(27)16-26(15-18-8-7-11-20(24)13-18)17-22-14-23(25-28-22)19-9-5-4-6-10-19/h2,4-11,13,21-22,27H,1,3,12,14-17H2/t21-,22-/m0/s1. The number of allylic oxidation sites excluding steroid dienone is 1. The van der Waals surface area contributed by atoms with E-state index in [1.165, 1.54) is 12.1 Å². The van der Waals surface area contributed by atoms with Gasteiger partial charge in [0.15, 0.2) is 0 Å². The highest BCUT2D eigenvalue weighted by Crippen LogP contribution is 2.19. The summed E-state index contributed by atoms with van der Waals surface area (Å²) in [4.78, 5) is 7.76. The van der Waals surface area contributed by atoms with E-state index in [0.717, 1.165) is 23.3 Å². The molecule has 1 heterocycles. The van der Waals surface area contributed by atoms with Crippen molar-refractivity contribution in [2.75, 3.05) is 13.1 Å². The fraction of sp³-hybridized carbons (Fsp3) is 0.348. The minimum absolute atomic E-state index is 0.0876. The van der Waals surface area contributed by atoms with Crippen molar-refractivity contribution in [2.24, 2.45) is 5.16 Å². The van der Waals surface area contributed by atoms with Gasteiger partial charge >= 0.3 is 0 Å². The van der Waals surface area contributed by atoms with Crippen LogP contribution in [0.3, 0.4) is 0 Å². The van der Waals surface area contributed by atoms with Gasteiger partial charge in [0.25, 0.3) is 0 Å². The van der Waals surface area contributed by atoms with E-state index in [2.05, 4.69) is 16.6 Å². The summed E-state index contributed by atoms with van der Waals surface area (Å²) < 4.78 is 13.6. The number of halogens is 1. The fourth-order valence-corrected chi connectivity index (χ4v) is 3.41. The van der Waals surface area contributed by atoms with E-state index >= 15 is 0 Å². The van der Waals surface area contributed by atoms with Crippen LogP contribution in [-0.2, 0) is 11.4 Å². The number of hydrogen-bond donors (Lipinski definition) is 1. The third kappa shape index (κ3) is 6.01. The molecule has 1 N–H and O–H groups in total. The number of oxime groups is 1. The van der Waals surface area contributed by atoms with Gasteiger partial charge in [-0.1, -0.05) is 53.7 Å². The van der Waals surface area contributed by atoms with Crippen LogP contribution < -0.4 is 0 Å². The van der Waals surface area contributed by atoms with Gasteiger partial charge in [-0.3, -0.25) is 4.90 Å². The Morgan fingerprint density at radius 2 is 2.07 bits per heavy atom. The monoisotopic (exact) mass is 382 g/mol. The molecule has 0 radical (unpaired) electrons. The predicted molar refractivity (Wildman–Crippen MR) is 110 cm³/mol. The van der Waals surface area contributed by atoms with Gasteiger partial charge in [-0.05, 0) is 36.1 Å². The SMILES string of the molecule is C=CCC[C@H](O)CN(Cc1cccc(F)c1)C[C@@H]1CC(c2ccccc2)=NO1. The van der Waals surface area contributed by atoms with Crippen molar-refractivity contribution >= 4 is 5.71 Å². The topological polar surface area (TPSA) is 45.1 Å². The van der Waals surface area contributed by atoms with Gasteiger partial charge in [0.05, 0.1) is 11.8 Å². The Kier molecular flexibility index (Phi) is 7.34. The summed E-state index contributed by atoms with van der Waals surface area (Å²) in [6, 6.07) is 16.6. The highest BCUT2D eigenvalue weighted by molar-refractivity contribution is 6.01. The van der Waals surface area contributed by atoms with Crippen LogP contribution in [0.15, 0.2) is 72.4 Å². The lowest BCUT2D eigenvalue weighted by molar-refractivity contribution is 0.0308. The highest BCUT2D eigenvalue weighted by atomic mass is 19.1. The normalized spacial score (nSPS) is 17.2. The van der Waals surface area contributed by atoms with E-state index in [4.69, 9.17) is 4.84 Å². The first-order valence-electron chi connectivity index (χ1n) is 9.68. The van der Waals surface area contributed by atoms with Gasteiger partial charge in [-0.25, -0.2) is 4.39 Å². The molecule has 2 aromatic rings. The van der Waals surface area contributed by atoms with Crippen molar-refractivity contribution in [1.82, 2.24) is 4.90 Å². The maximum absolute atomic E-state index is 13.6. The van der Waals surface area contributed by atoms with E-state index in [9.17, 15) is 9.50 Å². The lowest BCUT2D eigenvalue weighted by Crippen LogP contribution is -2.37. The van der Waals surface area contributed by atoms with Crippen molar-refractivity contribution in [2.45, 2.75) is 38.0 Å². The van der Waals surface area contributed by atoms with Crippen LogP contribution in [0, 0.1) is 5.82 Å². The van der Waals surface area contributed by atoms with Crippen LogP contribution in [-0.4, -0.2) is 41.0 Å². The number of hydrogen-bond acceptors (Lipinski definition) is 4. The lowest BCUT2D eigenvalue weighted by Gasteiger charge is -2.27. The van der Waals surface area contributed by atoms with Crippen LogP contribution in [0.25, 0.3) is 0 Å². The van der Waals surface area contributed by atoms with Crippen molar-refractivity contribution in [1.29, 1.82) is 0 Å². The Bertz CT molecular complexity index is 794. The van der Waals surface area contributed by atoms with E-state index in [1.807, 2.05) is 36.4 Å². The van der Waals surface area contributed by atoms with Crippen LogP contribution in [0.1, 0.15) is 30.4 Å². The third-order valence-corrected chi connectivity index (χ3v) is 4.77. The number of rotatable bonds is 10. The molecule has 3 rings (SSSR count). The molecule has 2 atom stereocenters. The summed E-state index contributed by atoms with van der Waals surface area (Å²) in [7, 11) is 0. The first kappa shape index (κ1) is 20.2. The van der Waals surface area contributed by atoms with E-state index in [1.54, 1.807) is 12.1 Å². The molecule has 2 aromatic carbocycles. The van der Waals surface area contributed by atoms with Crippen LogP contribution in [0.2, 0.25) is 0 Å². The number of aliphatic hydroxyl groups excluding tert-OH is 1. The maximum atomic E-state index is 13.6. The number of benzene rings is 2. The zero-order valence-corrected chi connectivity index (χ0v) is 16.0. The molecule has 28 heavy (non-hydrogen) atoms. The van der Waals surface area contributed by atoms with Gasteiger partial charge in [0.2, 0.25) is 0 Å². The van der Waals surface area contributed by atoms with Gasteiger partial charge in [-0.15, -0.1) is 6.58 Å². The van der Waals surface area contributed by atoms with Crippen molar-refractivity contribution < 1.29 is 14.3 Å². The Balaban J connectivity index is 1.62. The van der Waals surface area contributed by atoms with Gasteiger partial charge in [-0.2, -0.15) is 0 Å². The summed E-state index contributed by atoms with van der Waals surface area (Å²) in [5, 5.41) is 14.6. The molecule has 1 aliphatic rings. The largest absolute Gasteiger partial charge is 0.392 e. The second kappa shape index (κ2) is 10.2. The smallest absolute Gasteiger partial charge is 0.145 e. The quantitative estimate of drug-likeness (QED) is 0.628. The molecule has 0 spiro atoms. The van der Waals surface area contributed by atoms with Crippen molar-refractivity contribution in [3.63, 3.8) is 0 Å². The number of aliphatic hydroxyl groups is 1. The zero-order valence-electron chi connectivity index (χ0n) is 16.0. The average Bonchev–Trinajstić information content (AvgIpc) is 3.15. The molecule has 0 saturated heterocycles. The van der Waals surface area contributed by atoms with Crippen LogP contribution >= 0.6 is 0 Å². The average molecular weight is 382 g/mol. The first-order chi connectivity index (χ1) is 13.6. The molecule has 0 aliphatic carbocycles. The molecule has 0 amide bonds. The molecular formula is C23H27FN2O2. The Morgan fingerprint density at radius 3 is 2.82 bits per heavy atom. The molecule has 1 aliphatic heterocycles. The second-order valence-electron chi connectivity index (χ2n) is 7.18. The van der Waals surface area contributed by atoms with Gasteiger partial charge in [0.1, 0.15) is 11.9 Å². The molecule has 0 fully saturated rings. The Morgan fingerprint density at radius 1 is 1.25 bits per heavy atom. The molecule has 148 valence electrons. The summed E-state index contributed by atoms with van der Waals surface area (Å²) >= 11 is 0. The lowest BCUT2D eigenvalue weighted by atomic mass is 10.0. The highest BCUT2D eigenvalue weighted by Gasteiger charge is 2.25. The minimum atomic E-state index is -0.470. The molecule has 0 saturated carbocycles. The Hall–Kier alpha value is -2.50. The summed E-state index contributed by atoms with van der Waals surface area (Å²) in [5.74, 6) is -0.253. The molecule has 0 bridgehead atoms. The third-order valence-electron chi connectivity index (χ3n) is 4.77. The fourth-order valence-electron chi connectivity index (χ4n) is 3.41. The number of nitrogens with zero attached hydrogens (tertiary/aromatic N) is 2. The molecule has 4 nitrogen and oxygen atoms in total. The zero-order chi connectivity index (χ0) is 19.8. The molecule has 0 aromatic heterocycles. The maximum Gasteiger partial charge on any atom is 0.145 e. The molecule has 5 heteroatoms. The van der Waals surface area contributed by atoms with E-state index < -0.39 is 6.10 Å². The molecule has 0 unspecified atom stereocenters. The second-order valence-corrected chi connectivity index (χ2v) is 7.18. The van der Waals surface area contributed by atoms with Gasteiger partial charge < -0.3 is 9.94 Å². The summed E-state index contributed by atoms with van der Waals surface area (Å²) in [6.07, 6.45) is 3.38. The predicted octanol–water partition coefficient (Wildman–Crippen LogP) is 4.15. The summed E-state index contributed by atoms with van der Waals surface area (Å²) in [6.45, 7) is 5.36. The van der Waals surface area contributed by atoms with Crippen LogP contribution in [0.5, 0.6) is 0 Å². The van der Waals surface area contributed by atoms with Crippen molar-refractivity contribution in [3.05, 3.63) is 84.2 Å². The summed E-state index contributed by atoms with van der Waals surface area (Å²) in [5.41, 5.74) is 2.87. The van der Waals surface area contributed by atoms with E-state index in [0.29, 0.717) is 32.5 Å².